The van der Waals surface area contributed by atoms with E-state index in [0.717, 1.165) is 43.1 Å². The highest BCUT2D eigenvalue weighted by Gasteiger charge is 2.18. The number of rotatable bonds is 2. The minimum absolute atomic E-state index is 0.00325. The molecule has 0 radical (unpaired) electrons. The van der Waals surface area contributed by atoms with Gasteiger partial charge in [-0.2, -0.15) is 0 Å². The fraction of sp³-hybridized carbons (Fsp3) is 0.467. The number of pyridine rings is 1. The molecule has 2 aromatic rings. The molecule has 1 saturated heterocycles. The number of hydrogen-bond acceptors (Lipinski definition) is 4. The van der Waals surface area contributed by atoms with Crippen LogP contribution in [0.3, 0.4) is 0 Å². The minimum atomic E-state index is -0.00325. The Balaban J connectivity index is 1.96. The molecule has 2 aromatic heterocycles. The lowest BCUT2D eigenvalue weighted by Crippen LogP contribution is -2.49. The van der Waals surface area contributed by atoms with Crippen LogP contribution in [-0.4, -0.2) is 40.0 Å². The predicted octanol–water partition coefficient (Wildman–Crippen LogP) is 0.797. The van der Waals surface area contributed by atoms with E-state index in [4.69, 9.17) is 0 Å². The van der Waals surface area contributed by atoms with E-state index in [2.05, 4.69) is 22.1 Å². The van der Waals surface area contributed by atoms with Gasteiger partial charge in [0.05, 0.1) is 5.69 Å². The van der Waals surface area contributed by atoms with Gasteiger partial charge in [0, 0.05) is 44.5 Å². The van der Waals surface area contributed by atoms with E-state index in [1.54, 1.807) is 16.7 Å². The summed E-state index contributed by atoms with van der Waals surface area (Å²) in [6.07, 6.45) is 1.77. The number of aryl methyl sites for hydroxylation is 1. The van der Waals surface area contributed by atoms with Crippen LogP contribution in [-0.2, 0) is 6.54 Å². The third-order valence-corrected chi connectivity index (χ3v) is 3.94. The lowest BCUT2D eigenvalue weighted by atomic mass is 10.2. The van der Waals surface area contributed by atoms with Crippen LogP contribution in [0.5, 0.6) is 0 Å². The van der Waals surface area contributed by atoms with Crippen LogP contribution in [0, 0.1) is 6.92 Å². The maximum absolute atomic E-state index is 12.2. The second-order valence-electron chi connectivity index (χ2n) is 5.49. The van der Waals surface area contributed by atoms with Gasteiger partial charge in [0.15, 0.2) is 0 Å². The molecular formula is C15H20N4O. The average molecular weight is 272 g/mol. The molecule has 1 aliphatic rings. The molecule has 0 bridgehead atoms. The molecule has 1 fully saturated rings. The van der Waals surface area contributed by atoms with E-state index in [1.165, 1.54) is 0 Å². The van der Waals surface area contributed by atoms with Gasteiger partial charge < -0.3 is 5.32 Å². The Morgan fingerprint density at radius 2 is 2.35 bits per heavy atom. The molecule has 106 valence electrons. The highest BCUT2D eigenvalue weighted by Crippen LogP contribution is 2.10. The molecule has 1 aliphatic heterocycles. The molecule has 5 heteroatoms. The monoisotopic (exact) mass is 272 g/mol. The Morgan fingerprint density at radius 3 is 3.15 bits per heavy atom. The van der Waals surface area contributed by atoms with Crippen molar-refractivity contribution in [1.29, 1.82) is 0 Å². The van der Waals surface area contributed by atoms with Gasteiger partial charge in [-0.15, -0.1) is 0 Å². The summed E-state index contributed by atoms with van der Waals surface area (Å²) in [5, 5.41) is 3.37. The topological polar surface area (TPSA) is 49.6 Å². The molecule has 20 heavy (non-hydrogen) atoms. The summed E-state index contributed by atoms with van der Waals surface area (Å²) in [5.74, 6) is 0. The van der Waals surface area contributed by atoms with Crippen molar-refractivity contribution in [2.24, 2.45) is 0 Å². The van der Waals surface area contributed by atoms with Crippen LogP contribution < -0.4 is 10.9 Å². The highest BCUT2D eigenvalue weighted by molar-refractivity contribution is 5.46. The van der Waals surface area contributed by atoms with E-state index in [0.29, 0.717) is 6.04 Å². The zero-order valence-corrected chi connectivity index (χ0v) is 12.0. The Morgan fingerprint density at radius 1 is 1.50 bits per heavy atom. The van der Waals surface area contributed by atoms with Gasteiger partial charge in [0.1, 0.15) is 5.65 Å². The van der Waals surface area contributed by atoms with Crippen molar-refractivity contribution in [3.8, 4) is 0 Å². The Labute approximate surface area is 118 Å². The summed E-state index contributed by atoms with van der Waals surface area (Å²) in [6, 6.07) is 5.99. The molecule has 1 atom stereocenters. The van der Waals surface area contributed by atoms with Gasteiger partial charge in [0.2, 0.25) is 0 Å². The number of aromatic nitrogens is 2. The second-order valence-corrected chi connectivity index (χ2v) is 5.49. The normalized spacial score (nSPS) is 20.4. The summed E-state index contributed by atoms with van der Waals surface area (Å²) in [7, 11) is 0. The molecule has 0 saturated carbocycles. The van der Waals surface area contributed by atoms with Crippen molar-refractivity contribution in [2.45, 2.75) is 26.4 Å². The molecule has 0 spiro atoms. The Kier molecular flexibility index (Phi) is 3.54. The quantitative estimate of drug-likeness (QED) is 0.878. The zero-order valence-electron chi connectivity index (χ0n) is 12.0. The lowest BCUT2D eigenvalue weighted by molar-refractivity contribution is 0.164. The molecule has 3 heterocycles. The second kappa shape index (κ2) is 5.34. The molecule has 0 aliphatic carbocycles. The molecule has 0 amide bonds. The van der Waals surface area contributed by atoms with Crippen LogP contribution in [0.1, 0.15) is 18.2 Å². The Bertz CT molecular complexity index is 679. The van der Waals surface area contributed by atoms with Crippen molar-refractivity contribution in [3.63, 3.8) is 0 Å². The fourth-order valence-corrected chi connectivity index (χ4v) is 2.72. The van der Waals surface area contributed by atoms with Crippen molar-refractivity contribution in [3.05, 3.63) is 46.0 Å². The first-order chi connectivity index (χ1) is 9.65. The van der Waals surface area contributed by atoms with E-state index in [9.17, 15) is 4.79 Å². The zero-order chi connectivity index (χ0) is 14.1. The van der Waals surface area contributed by atoms with Crippen LogP contribution in [0.2, 0.25) is 0 Å². The van der Waals surface area contributed by atoms with Gasteiger partial charge in [-0.05, 0) is 25.5 Å². The first-order valence-electron chi connectivity index (χ1n) is 7.08. The molecule has 0 unspecified atom stereocenters. The summed E-state index contributed by atoms with van der Waals surface area (Å²) >= 11 is 0. The molecule has 3 rings (SSSR count). The number of hydrogen-bond donors (Lipinski definition) is 1. The molecule has 5 nitrogen and oxygen atoms in total. The smallest absolute Gasteiger partial charge is 0.258 e. The number of fused-ring (bicyclic) bond motifs is 1. The fourth-order valence-electron chi connectivity index (χ4n) is 2.72. The van der Waals surface area contributed by atoms with Gasteiger partial charge in [-0.25, -0.2) is 4.98 Å². The third kappa shape index (κ3) is 2.46. The van der Waals surface area contributed by atoms with Gasteiger partial charge >= 0.3 is 0 Å². The number of nitrogens with one attached hydrogen (secondary N) is 1. The van der Waals surface area contributed by atoms with E-state index in [-0.39, 0.29) is 5.56 Å². The summed E-state index contributed by atoms with van der Waals surface area (Å²) in [5.41, 5.74) is 2.65. The largest absolute Gasteiger partial charge is 0.314 e. The Hall–Kier alpha value is -1.72. The lowest BCUT2D eigenvalue weighted by Gasteiger charge is -2.33. The number of piperazine rings is 1. The van der Waals surface area contributed by atoms with Crippen LogP contribution >= 0.6 is 0 Å². The summed E-state index contributed by atoms with van der Waals surface area (Å²) in [4.78, 5) is 19.2. The maximum Gasteiger partial charge on any atom is 0.258 e. The van der Waals surface area contributed by atoms with E-state index < -0.39 is 0 Å². The van der Waals surface area contributed by atoms with E-state index in [1.807, 2.05) is 19.1 Å². The first-order valence-corrected chi connectivity index (χ1v) is 7.08. The SMILES string of the molecule is Cc1cccn2c(=O)cc(CN3CCNC[C@@H]3C)nc12. The van der Waals surface area contributed by atoms with Crippen molar-refractivity contribution >= 4 is 5.65 Å². The summed E-state index contributed by atoms with van der Waals surface area (Å²) < 4.78 is 1.61. The van der Waals surface area contributed by atoms with Crippen molar-refractivity contribution < 1.29 is 0 Å². The van der Waals surface area contributed by atoms with Crippen molar-refractivity contribution in [2.75, 3.05) is 19.6 Å². The van der Waals surface area contributed by atoms with Gasteiger partial charge in [0.25, 0.3) is 5.56 Å². The highest BCUT2D eigenvalue weighted by atomic mass is 16.1. The minimum Gasteiger partial charge on any atom is -0.314 e. The van der Waals surface area contributed by atoms with Crippen LogP contribution in [0.15, 0.2) is 29.2 Å². The van der Waals surface area contributed by atoms with Gasteiger partial charge in [-0.3, -0.25) is 14.1 Å². The standard InChI is InChI=1S/C15H20N4O/c1-11-4-3-6-19-14(20)8-13(17-15(11)19)10-18-7-5-16-9-12(18)2/h3-4,6,8,12,16H,5,7,9-10H2,1-2H3/t12-/m0/s1. The van der Waals surface area contributed by atoms with Crippen LogP contribution in [0.25, 0.3) is 5.65 Å². The molecular weight excluding hydrogens is 252 g/mol. The van der Waals surface area contributed by atoms with Crippen molar-refractivity contribution in [1.82, 2.24) is 19.6 Å². The first kappa shape index (κ1) is 13.3. The average Bonchev–Trinajstić information content (AvgIpc) is 2.43. The predicted molar refractivity (Wildman–Crippen MR) is 78.9 cm³/mol. The van der Waals surface area contributed by atoms with Gasteiger partial charge in [-0.1, -0.05) is 6.07 Å². The molecule has 0 aromatic carbocycles. The van der Waals surface area contributed by atoms with Crippen LogP contribution in [0.4, 0.5) is 0 Å². The maximum atomic E-state index is 12.2. The third-order valence-electron chi connectivity index (χ3n) is 3.94. The number of nitrogens with zero attached hydrogens (tertiary/aromatic N) is 3. The molecule has 1 N–H and O–H groups in total. The van der Waals surface area contributed by atoms with E-state index >= 15 is 0 Å². The summed E-state index contributed by atoms with van der Waals surface area (Å²) in [6.45, 7) is 7.91.